The third-order valence-corrected chi connectivity index (χ3v) is 4.08. The molecule has 1 heterocycles. The van der Waals surface area contributed by atoms with Crippen LogP contribution in [0.15, 0.2) is 24.3 Å². The van der Waals surface area contributed by atoms with Gasteiger partial charge in [0.1, 0.15) is 5.82 Å². The minimum atomic E-state index is -0.285. The maximum absolute atomic E-state index is 12.9. The summed E-state index contributed by atoms with van der Waals surface area (Å²) in [5, 5.41) is 2.69. The van der Waals surface area contributed by atoms with E-state index >= 15 is 0 Å². The predicted octanol–water partition coefficient (Wildman–Crippen LogP) is 2.45. The monoisotopic (exact) mass is 306 g/mol. The average Bonchev–Trinajstić information content (AvgIpc) is 2.54. The predicted molar refractivity (Wildman–Crippen MR) is 82.9 cm³/mol. The molecule has 1 saturated heterocycles. The Labute approximate surface area is 130 Å². The molecule has 0 spiro atoms. The van der Waals surface area contributed by atoms with Crippen LogP contribution in [0.25, 0.3) is 0 Å². The van der Waals surface area contributed by atoms with Crippen LogP contribution in [0.1, 0.15) is 44.1 Å². The number of carbonyl (C=O) groups excluding carboxylic acids is 2. The summed E-state index contributed by atoms with van der Waals surface area (Å²) >= 11 is 0. The first-order chi connectivity index (χ1) is 10.6. The van der Waals surface area contributed by atoms with Gasteiger partial charge in [-0.25, -0.2) is 4.39 Å². The highest BCUT2D eigenvalue weighted by molar-refractivity contribution is 5.85. The Kier molecular flexibility index (Phi) is 5.92. The molecule has 0 aliphatic carbocycles. The Balaban J connectivity index is 1.75. The first-order valence-electron chi connectivity index (χ1n) is 7.86. The van der Waals surface area contributed by atoms with Gasteiger partial charge in [0.05, 0.1) is 6.54 Å². The smallest absolute Gasteiger partial charge is 0.241 e. The summed E-state index contributed by atoms with van der Waals surface area (Å²) in [7, 11) is 0. The Morgan fingerprint density at radius 2 is 1.82 bits per heavy atom. The van der Waals surface area contributed by atoms with E-state index in [1.807, 2.05) is 11.8 Å². The largest absolute Gasteiger partial charge is 0.347 e. The van der Waals surface area contributed by atoms with Gasteiger partial charge in [0.2, 0.25) is 11.8 Å². The SMILES string of the molecule is CC(CC(=O)NCC(=O)N1CCCCC1)c1ccc(F)cc1. The van der Waals surface area contributed by atoms with E-state index in [0.717, 1.165) is 31.5 Å². The maximum Gasteiger partial charge on any atom is 0.241 e. The summed E-state index contributed by atoms with van der Waals surface area (Å²) in [5.41, 5.74) is 0.916. The normalized spacial score (nSPS) is 16.2. The number of hydrogen-bond donors (Lipinski definition) is 1. The Morgan fingerprint density at radius 1 is 1.18 bits per heavy atom. The van der Waals surface area contributed by atoms with Crippen LogP contribution >= 0.6 is 0 Å². The summed E-state index contributed by atoms with van der Waals surface area (Å²) in [6, 6.07) is 6.16. The summed E-state index contributed by atoms with van der Waals surface area (Å²) < 4.78 is 12.9. The zero-order valence-corrected chi connectivity index (χ0v) is 13.0. The molecular weight excluding hydrogens is 283 g/mol. The first-order valence-corrected chi connectivity index (χ1v) is 7.86. The minimum Gasteiger partial charge on any atom is -0.347 e. The van der Waals surface area contributed by atoms with Crippen molar-refractivity contribution in [3.8, 4) is 0 Å². The number of piperidine rings is 1. The zero-order valence-electron chi connectivity index (χ0n) is 13.0. The van der Waals surface area contributed by atoms with Crippen LogP contribution in [0.5, 0.6) is 0 Å². The number of nitrogens with zero attached hydrogens (tertiary/aromatic N) is 1. The molecule has 1 aliphatic rings. The summed E-state index contributed by atoms with van der Waals surface area (Å²) in [6.45, 7) is 3.57. The van der Waals surface area contributed by atoms with E-state index in [4.69, 9.17) is 0 Å². The molecule has 0 bridgehead atoms. The quantitative estimate of drug-likeness (QED) is 0.908. The average molecular weight is 306 g/mol. The molecule has 120 valence electrons. The molecule has 1 aromatic rings. The van der Waals surface area contributed by atoms with Crippen LogP contribution in [-0.4, -0.2) is 36.3 Å². The highest BCUT2D eigenvalue weighted by Crippen LogP contribution is 2.19. The molecule has 1 atom stereocenters. The molecule has 1 fully saturated rings. The molecule has 2 rings (SSSR count). The molecule has 22 heavy (non-hydrogen) atoms. The van der Waals surface area contributed by atoms with Crippen molar-refractivity contribution in [3.05, 3.63) is 35.6 Å². The minimum absolute atomic E-state index is 0.00862. The van der Waals surface area contributed by atoms with Gasteiger partial charge in [-0.1, -0.05) is 19.1 Å². The third kappa shape index (κ3) is 4.83. The molecular formula is C17H23FN2O2. The van der Waals surface area contributed by atoms with Crippen LogP contribution in [0.3, 0.4) is 0 Å². The lowest BCUT2D eigenvalue weighted by atomic mass is 9.97. The summed E-state index contributed by atoms with van der Waals surface area (Å²) in [5.74, 6) is -0.456. The fourth-order valence-corrected chi connectivity index (χ4v) is 2.69. The lowest BCUT2D eigenvalue weighted by molar-refractivity contribution is -0.133. The van der Waals surface area contributed by atoms with Crippen LogP contribution in [0.4, 0.5) is 4.39 Å². The van der Waals surface area contributed by atoms with Gasteiger partial charge < -0.3 is 10.2 Å². The molecule has 0 aromatic heterocycles. The Bertz CT molecular complexity index is 510. The number of rotatable bonds is 5. The lowest BCUT2D eigenvalue weighted by Crippen LogP contribution is -2.42. The van der Waals surface area contributed by atoms with Crippen molar-refractivity contribution in [1.82, 2.24) is 10.2 Å². The van der Waals surface area contributed by atoms with E-state index < -0.39 is 0 Å². The van der Waals surface area contributed by atoms with Gasteiger partial charge in [-0.05, 0) is 42.9 Å². The standard InChI is InChI=1S/C17H23FN2O2/c1-13(14-5-7-15(18)8-6-14)11-16(21)19-12-17(22)20-9-3-2-4-10-20/h5-8,13H,2-4,9-12H2,1H3,(H,19,21). The molecule has 2 amide bonds. The number of halogens is 1. The van der Waals surface area contributed by atoms with Crippen molar-refractivity contribution in [2.24, 2.45) is 0 Å². The first kappa shape index (κ1) is 16.5. The van der Waals surface area contributed by atoms with Crippen molar-refractivity contribution in [3.63, 3.8) is 0 Å². The van der Waals surface area contributed by atoms with Crippen molar-refractivity contribution < 1.29 is 14.0 Å². The number of hydrogen-bond acceptors (Lipinski definition) is 2. The highest BCUT2D eigenvalue weighted by Gasteiger charge is 2.17. The van der Waals surface area contributed by atoms with Gasteiger partial charge in [-0.15, -0.1) is 0 Å². The molecule has 1 aliphatic heterocycles. The molecule has 1 N–H and O–H groups in total. The number of nitrogens with one attached hydrogen (secondary N) is 1. The van der Waals surface area contributed by atoms with Crippen LogP contribution in [0, 0.1) is 5.82 Å². The van der Waals surface area contributed by atoms with E-state index in [9.17, 15) is 14.0 Å². The van der Waals surface area contributed by atoms with Gasteiger partial charge in [-0.3, -0.25) is 9.59 Å². The van der Waals surface area contributed by atoms with Crippen LogP contribution in [0.2, 0.25) is 0 Å². The fourth-order valence-electron chi connectivity index (χ4n) is 2.69. The van der Waals surface area contributed by atoms with Crippen molar-refractivity contribution in [1.29, 1.82) is 0 Å². The van der Waals surface area contributed by atoms with Crippen molar-refractivity contribution >= 4 is 11.8 Å². The summed E-state index contributed by atoms with van der Waals surface area (Å²) in [6.07, 6.45) is 3.55. The van der Waals surface area contributed by atoms with Crippen LogP contribution < -0.4 is 5.32 Å². The Morgan fingerprint density at radius 3 is 2.45 bits per heavy atom. The molecule has 5 heteroatoms. The maximum atomic E-state index is 12.9. The number of benzene rings is 1. The van der Waals surface area contributed by atoms with Gasteiger partial charge >= 0.3 is 0 Å². The van der Waals surface area contributed by atoms with E-state index in [1.165, 1.54) is 18.6 Å². The van der Waals surface area contributed by atoms with E-state index in [1.54, 1.807) is 12.1 Å². The summed E-state index contributed by atoms with van der Waals surface area (Å²) in [4.78, 5) is 25.7. The molecule has 1 unspecified atom stereocenters. The molecule has 4 nitrogen and oxygen atoms in total. The Hall–Kier alpha value is -1.91. The molecule has 0 radical (unpaired) electrons. The molecule has 0 saturated carbocycles. The zero-order chi connectivity index (χ0) is 15.9. The second kappa shape index (κ2) is 7.92. The molecule has 1 aromatic carbocycles. The van der Waals surface area contributed by atoms with E-state index in [2.05, 4.69) is 5.32 Å². The number of likely N-dealkylation sites (tertiary alicyclic amines) is 1. The lowest BCUT2D eigenvalue weighted by Gasteiger charge is -2.26. The topological polar surface area (TPSA) is 49.4 Å². The number of amides is 2. The van der Waals surface area contributed by atoms with Gasteiger partial charge in [0.25, 0.3) is 0 Å². The second-order valence-corrected chi connectivity index (χ2v) is 5.87. The second-order valence-electron chi connectivity index (χ2n) is 5.87. The van der Waals surface area contributed by atoms with E-state index in [-0.39, 0.29) is 30.1 Å². The third-order valence-electron chi connectivity index (χ3n) is 4.08. The highest BCUT2D eigenvalue weighted by atomic mass is 19.1. The van der Waals surface area contributed by atoms with Gasteiger partial charge in [0.15, 0.2) is 0 Å². The van der Waals surface area contributed by atoms with Gasteiger partial charge in [0, 0.05) is 19.5 Å². The van der Waals surface area contributed by atoms with Crippen molar-refractivity contribution in [2.75, 3.05) is 19.6 Å². The fraction of sp³-hybridized carbons (Fsp3) is 0.529. The van der Waals surface area contributed by atoms with Crippen molar-refractivity contribution in [2.45, 2.75) is 38.5 Å². The van der Waals surface area contributed by atoms with Crippen LogP contribution in [-0.2, 0) is 9.59 Å². The number of carbonyl (C=O) groups is 2. The van der Waals surface area contributed by atoms with Gasteiger partial charge in [-0.2, -0.15) is 0 Å². The van der Waals surface area contributed by atoms with E-state index in [0.29, 0.717) is 6.42 Å².